The molecule has 1 aliphatic carbocycles. The minimum atomic E-state index is -0.148. The van der Waals surface area contributed by atoms with E-state index >= 15 is 0 Å². The number of benzene rings is 1. The summed E-state index contributed by atoms with van der Waals surface area (Å²) in [5, 5.41) is 12.8. The summed E-state index contributed by atoms with van der Waals surface area (Å²) in [6, 6.07) is 5.60. The third-order valence-electron chi connectivity index (χ3n) is 4.33. The minimum Gasteiger partial charge on any atom is -0.324 e. The predicted octanol–water partition coefficient (Wildman–Crippen LogP) is 5.13. The highest BCUT2D eigenvalue weighted by molar-refractivity contribution is 7.99. The molecular formula is C17H20Cl2N4OS. The number of carbonyl (C=O) groups is 1. The number of amides is 1. The zero-order valence-corrected chi connectivity index (χ0v) is 16.3. The summed E-state index contributed by atoms with van der Waals surface area (Å²) < 4.78 is 2.18. The van der Waals surface area contributed by atoms with Gasteiger partial charge in [-0.1, -0.05) is 60.3 Å². The summed E-state index contributed by atoms with van der Waals surface area (Å²) in [7, 11) is 0. The van der Waals surface area contributed by atoms with Crippen molar-refractivity contribution in [2.24, 2.45) is 0 Å². The Hall–Kier alpha value is -1.24. The third kappa shape index (κ3) is 4.49. The largest absolute Gasteiger partial charge is 0.324 e. The molecule has 2 aromatic rings. The summed E-state index contributed by atoms with van der Waals surface area (Å²) in [5.74, 6) is 1.01. The molecule has 1 aliphatic rings. The summed E-state index contributed by atoms with van der Waals surface area (Å²) in [6.45, 7) is 1.97. The first kappa shape index (κ1) is 18.5. The summed E-state index contributed by atoms with van der Waals surface area (Å²) in [4.78, 5) is 12.3. The van der Waals surface area contributed by atoms with Crippen molar-refractivity contribution < 1.29 is 4.79 Å². The molecule has 0 unspecified atom stereocenters. The van der Waals surface area contributed by atoms with E-state index in [4.69, 9.17) is 23.2 Å². The van der Waals surface area contributed by atoms with Crippen molar-refractivity contribution in [3.8, 4) is 0 Å². The van der Waals surface area contributed by atoms with Crippen molar-refractivity contribution in [3.63, 3.8) is 0 Å². The highest BCUT2D eigenvalue weighted by Gasteiger charge is 2.22. The standard InChI is InChI=1S/C17H20Cl2N4OS/c1-11-21-22-17(23(11)12-6-3-2-4-7-12)25-10-15(24)20-14-9-5-8-13(18)16(14)19/h5,8-9,12H,2-4,6-7,10H2,1H3,(H,20,24). The third-order valence-corrected chi connectivity index (χ3v) is 6.09. The molecule has 1 N–H and O–H groups in total. The number of aryl methyl sites for hydroxylation is 1. The topological polar surface area (TPSA) is 59.8 Å². The van der Waals surface area contributed by atoms with Gasteiger partial charge in [0.2, 0.25) is 5.91 Å². The maximum absolute atomic E-state index is 12.3. The maximum atomic E-state index is 12.3. The van der Waals surface area contributed by atoms with Crippen LogP contribution in [0.5, 0.6) is 0 Å². The Kier molecular flexibility index (Phi) is 6.25. The van der Waals surface area contributed by atoms with Gasteiger partial charge in [0.1, 0.15) is 5.82 Å². The van der Waals surface area contributed by atoms with Gasteiger partial charge in [0.05, 0.1) is 21.5 Å². The number of hydrogen-bond donors (Lipinski definition) is 1. The molecule has 0 bridgehead atoms. The van der Waals surface area contributed by atoms with Crippen molar-refractivity contribution in [1.29, 1.82) is 0 Å². The van der Waals surface area contributed by atoms with Crippen LogP contribution in [0.3, 0.4) is 0 Å². The molecule has 3 rings (SSSR count). The highest BCUT2D eigenvalue weighted by Crippen LogP contribution is 2.33. The van der Waals surface area contributed by atoms with Gasteiger partial charge >= 0.3 is 0 Å². The Balaban J connectivity index is 1.63. The number of thioether (sulfide) groups is 1. The van der Waals surface area contributed by atoms with Gasteiger partial charge in [-0.3, -0.25) is 4.79 Å². The molecule has 25 heavy (non-hydrogen) atoms. The number of carbonyl (C=O) groups excluding carboxylic acids is 1. The van der Waals surface area contributed by atoms with E-state index in [0.717, 1.165) is 23.8 Å². The van der Waals surface area contributed by atoms with Crippen LogP contribution in [-0.2, 0) is 4.79 Å². The molecule has 1 aromatic heterocycles. The van der Waals surface area contributed by atoms with Crippen molar-refractivity contribution in [1.82, 2.24) is 14.8 Å². The van der Waals surface area contributed by atoms with Crippen LogP contribution in [0.15, 0.2) is 23.4 Å². The van der Waals surface area contributed by atoms with Crippen LogP contribution in [-0.4, -0.2) is 26.4 Å². The second kappa shape index (κ2) is 8.43. The number of rotatable bonds is 5. The fraction of sp³-hybridized carbons (Fsp3) is 0.471. The quantitative estimate of drug-likeness (QED) is 0.709. The summed E-state index contributed by atoms with van der Waals surface area (Å²) in [5.41, 5.74) is 0.518. The fourth-order valence-electron chi connectivity index (χ4n) is 3.12. The van der Waals surface area contributed by atoms with Crippen LogP contribution in [0, 0.1) is 6.92 Å². The minimum absolute atomic E-state index is 0.148. The Labute approximate surface area is 161 Å². The molecule has 0 aliphatic heterocycles. The summed E-state index contributed by atoms with van der Waals surface area (Å²) >= 11 is 13.5. The van der Waals surface area contributed by atoms with Gasteiger partial charge in [0.25, 0.3) is 0 Å². The Bertz CT molecular complexity index is 759. The van der Waals surface area contributed by atoms with Gasteiger partial charge < -0.3 is 9.88 Å². The first-order chi connectivity index (χ1) is 12.1. The number of anilines is 1. The molecule has 0 spiro atoms. The van der Waals surface area contributed by atoms with E-state index in [-0.39, 0.29) is 11.7 Å². The van der Waals surface area contributed by atoms with Gasteiger partial charge in [0, 0.05) is 6.04 Å². The van der Waals surface area contributed by atoms with Gasteiger partial charge in [0.15, 0.2) is 5.16 Å². The molecule has 1 saturated carbocycles. The number of nitrogens with zero attached hydrogens (tertiary/aromatic N) is 3. The highest BCUT2D eigenvalue weighted by atomic mass is 35.5. The van der Waals surface area contributed by atoms with Gasteiger partial charge in [-0.2, -0.15) is 0 Å². The normalized spacial score (nSPS) is 15.3. The lowest BCUT2D eigenvalue weighted by molar-refractivity contribution is -0.113. The maximum Gasteiger partial charge on any atom is 0.234 e. The van der Waals surface area contributed by atoms with Crippen molar-refractivity contribution >= 4 is 46.6 Å². The molecule has 5 nitrogen and oxygen atoms in total. The number of hydrogen-bond acceptors (Lipinski definition) is 4. The number of halogens is 2. The average molecular weight is 399 g/mol. The molecule has 0 saturated heterocycles. The molecule has 1 amide bonds. The molecule has 1 heterocycles. The Morgan fingerprint density at radius 1 is 1.28 bits per heavy atom. The first-order valence-electron chi connectivity index (χ1n) is 8.34. The second-order valence-electron chi connectivity index (χ2n) is 6.13. The average Bonchev–Trinajstić information content (AvgIpc) is 2.98. The van der Waals surface area contributed by atoms with Crippen LogP contribution >= 0.6 is 35.0 Å². The van der Waals surface area contributed by atoms with Crippen molar-refractivity contribution in [2.45, 2.75) is 50.2 Å². The van der Waals surface area contributed by atoms with E-state index in [1.54, 1.807) is 18.2 Å². The molecule has 1 aromatic carbocycles. The SMILES string of the molecule is Cc1nnc(SCC(=O)Nc2cccc(Cl)c2Cl)n1C1CCCCC1. The monoisotopic (exact) mass is 398 g/mol. The number of nitrogens with one attached hydrogen (secondary N) is 1. The molecule has 1 fully saturated rings. The zero-order valence-electron chi connectivity index (χ0n) is 14.0. The number of aromatic nitrogens is 3. The van der Waals surface area contributed by atoms with E-state index in [1.165, 1.54) is 31.0 Å². The zero-order chi connectivity index (χ0) is 17.8. The molecule has 0 atom stereocenters. The van der Waals surface area contributed by atoms with Crippen LogP contribution < -0.4 is 5.32 Å². The molecule has 0 radical (unpaired) electrons. The van der Waals surface area contributed by atoms with Gasteiger partial charge in [-0.15, -0.1) is 10.2 Å². The van der Waals surface area contributed by atoms with Gasteiger partial charge in [-0.25, -0.2) is 0 Å². The molecule has 8 heteroatoms. The van der Waals surface area contributed by atoms with E-state index < -0.39 is 0 Å². The van der Waals surface area contributed by atoms with Crippen LogP contribution in [0.2, 0.25) is 10.0 Å². The van der Waals surface area contributed by atoms with Crippen LogP contribution in [0.4, 0.5) is 5.69 Å². The van der Waals surface area contributed by atoms with Crippen molar-refractivity contribution in [3.05, 3.63) is 34.1 Å². The van der Waals surface area contributed by atoms with Gasteiger partial charge in [-0.05, 0) is 31.9 Å². The lowest BCUT2D eigenvalue weighted by atomic mass is 9.95. The molecule has 134 valence electrons. The fourth-order valence-corrected chi connectivity index (χ4v) is 4.32. The Morgan fingerprint density at radius 2 is 2.04 bits per heavy atom. The lowest BCUT2D eigenvalue weighted by Gasteiger charge is -2.24. The lowest BCUT2D eigenvalue weighted by Crippen LogP contribution is -2.17. The van der Waals surface area contributed by atoms with E-state index in [2.05, 4.69) is 20.1 Å². The Morgan fingerprint density at radius 3 is 2.80 bits per heavy atom. The van der Waals surface area contributed by atoms with Crippen LogP contribution in [0.1, 0.15) is 44.0 Å². The smallest absolute Gasteiger partial charge is 0.234 e. The van der Waals surface area contributed by atoms with Crippen molar-refractivity contribution in [2.75, 3.05) is 11.1 Å². The van der Waals surface area contributed by atoms with Crippen LogP contribution in [0.25, 0.3) is 0 Å². The molecular weight excluding hydrogens is 379 g/mol. The van der Waals surface area contributed by atoms with E-state index in [9.17, 15) is 4.79 Å². The first-order valence-corrected chi connectivity index (χ1v) is 10.1. The summed E-state index contributed by atoms with van der Waals surface area (Å²) in [6.07, 6.45) is 6.07. The van der Waals surface area contributed by atoms with E-state index in [1.807, 2.05) is 6.92 Å². The predicted molar refractivity (Wildman–Crippen MR) is 103 cm³/mol. The van der Waals surface area contributed by atoms with E-state index in [0.29, 0.717) is 21.8 Å². The second-order valence-corrected chi connectivity index (χ2v) is 7.86.